The van der Waals surface area contributed by atoms with Crippen LogP contribution in [0.2, 0.25) is 0 Å². The Kier molecular flexibility index (Phi) is 4.02. The van der Waals surface area contributed by atoms with Crippen LogP contribution in [0.4, 0.5) is 13.2 Å². The average molecular weight is 345 g/mol. The number of carboxylic acids is 1. The fraction of sp³-hybridized carbons (Fsp3) is 0.467. The fourth-order valence-electron chi connectivity index (χ4n) is 2.91. The maximum Gasteiger partial charge on any atom is 0.394 e. The van der Waals surface area contributed by atoms with Gasteiger partial charge in [-0.05, 0) is 18.2 Å². The Morgan fingerprint density at radius 2 is 1.79 bits per heavy atom. The number of benzene rings is 1. The highest BCUT2D eigenvalue weighted by Crippen LogP contribution is 2.38. The van der Waals surface area contributed by atoms with Crippen molar-refractivity contribution in [3.8, 4) is 11.5 Å². The zero-order chi connectivity index (χ0) is 17.5. The van der Waals surface area contributed by atoms with E-state index in [2.05, 4.69) is 0 Å². The first kappa shape index (κ1) is 16.4. The Balaban J connectivity index is 1.82. The lowest BCUT2D eigenvalue weighted by Crippen LogP contribution is -2.34. The number of nitrogens with zero attached hydrogens (tertiary/aromatic N) is 1. The summed E-state index contributed by atoms with van der Waals surface area (Å²) < 4.78 is 49.7. The van der Waals surface area contributed by atoms with Crippen molar-refractivity contribution >= 4 is 11.9 Å². The second kappa shape index (κ2) is 5.88. The Hall–Kier alpha value is -2.45. The molecule has 1 aromatic carbocycles. The first-order chi connectivity index (χ1) is 11.3. The van der Waals surface area contributed by atoms with E-state index in [4.69, 9.17) is 14.6 Å². The number of carboxylic acid groups (broad SMARTS) is 1. The number of likely N-dealkylation sites (tertiary alicyclic amines) is 1. The highest BCUT2D eigenvalue weighted by molar-refractivity contribution is 5.95. The summed E-state index contributed by atoms with van der Waals surface area (Å²) >= 11 is 0. The summed E-state index contributed by atoms with van der Waals surface area (Å²) in [6.45, 7) is -0.466. The van der Waals surface area contributed by atoms with Gasteiger partial charge < -0.3 is 19.5 Å². The molecule has 1 N–H and O–H groups in total. The third kappa shape index (κ3) is 2.98. The highest BCUT2D eigenvalue weighted by Gasteiger charge is 2.53. The van der Waals surface area contributed by atoms with Crippen molar-refractivity contribution in [3.05, 3.63) is 23.8 Å². The van der Waals surface area contributed by atoms with Crippen LogP contribution in [-0.4, -0.2) is 54.4 Å². The summed E-state index contributed by atoms with van der Waals surface area (Å²) in [5.41, 5.74) is 0.131. The molecule has 130 valence electrons. The number of halogens is 3. The minimum Gasteiger partial charge on any atom is -0.486 e. The third-order valence-corrected chi connectivity index (χ3v) is 4.13. The minimum atomic E-state index is -4.68. The second-order valence-electron chi connectivity index (χ2n) is 5.66. The number of aliphatic carboxylic acids is 1. The lowest BCUT2D eigenvalue weighted by Gasteiger charge is -2.21. The van der Waals surface area contributed by atoms with E-state index in [-0.39, 0.29) is 5.56 Å². The molecule has 9 heteroatoms. The Bertz CT molecular complexity index is 676. The van der Waals surface area contributed by atoms with Crippen molar-refractivity contribution in [3.63, 3.8) is 0 Å². The second-order valence-corrected chi connectivity index (χ2v) is 5.66. The largest absolute Gasteiger partial charge is 0.486 e. The molecule has 0 saturated carbocycles. The number of alkyl halides is 3. The van der Waals surface area contributed by atoms with E-state index in [1.165, 1.54) is 18.2 Å². The highest BCUT2D eigenvalue weighted by atomic mass is 19.4. The summed E-state index contributed by atoms with van der Waals surface area (Å²) in [4.78, 5) is 24.4. The van der Waals surface area contributed by atoms with Crippen LogP contribution in [0.3, 0.4) is 0 Å². The summed E-state index contributed by atoms with van der Waals surface area (Å²) in [5, 5.41) is 9.00. The number of ether oxygens (including phenoxy) is 2. The molecule has 0 bridgehead atoms. The van der Waals surface area contributed by atoms with E-state index < -0.39 is 43.0 Å². The van der Waals surface area contributed by atoms with Gasteiger partial charge in [0.25, 0.3) is 5.91 Å². The van der Waals surface area contributed by atoms with Crippen LogP contribution in [0.25, 0.3) is 0 Å². The molecule has 0 aliphatic carbocycles. The van der Waals surface area contributed by atoms with Crippen LogP contribution in [0.1, 0.15) is 10.4 Å². The standard InChI is InChI=1S/C15H14F3NO5/c16-15(17,18)10-7-19(6-9(10)14(21)22)13(20)8-1-2-11-12(5-8)24-4-3-23-11/h1-2,5,9-10H,3-4,6-7H2,(H,21,22)/t9-,10-/m1/s1. The minimum absolute atomic E-state index is 0.131. The summed E-state index contributed by atoms with van der Waals surface area (Å²) in [7, 11) is 0. The van der Waals surface area contributed by atoms with Crippen molar-refractivity contribution < 1.29 is 37.3 Å². The molecule has 6 nitrogen and oxygen atoms in total. The molecule has 0 unspecified atom stereocenters. The van der Waals surface area contributed by atoms with Crippen LogP contribution >= 0.6 is 0 Å². The molecule has 1 saturated heterocycles. The van der Waals surface area contributed by atoms with Crippen LogP contribution < -0.4 is 9.47 Å². The predicted molar refractivity (Wildman–Crippen MR) is 74.0 cm³/mol. The normalized spacial score (nSPS) is 23.2. The molecule has 2 atom stereocenters. The molecule has 0 aromatic heterocycles. The SMILES string of the molecule is O=C(O)[C@@H]1CN(C(=O)c2ccc3c(c2)OCCO3)C[C@H]1C(F)(F)F. The van der Waals surface area contributed by atoms with Crippen molar-refractivity contribution in [2.24, 2.45) is 11.8 Å². The van der Waals surface area contributed by atoms with Gasteiger partial charge in [0.2, 0.25) is 0 Å². The van der Waals surface area contributed by atoms with Gasteiger partial charge in [0.15, 0.2) is 11.5 Å². The van der Waals surface area contributed by atoms with Crippen LogP contribution in [-0.2, 0) is 4.79 Å². The first-order valence-electron chi connectivity index (χ1n) is 7.26. The van der Waals surface area contributed by atoms with Crippen molar-refractivity contribution in [2.45, 2.75) is 6.18 Å². The molecule has 2 heterocycles. The Morgan fingerprint density at radius 1 is 1.12 bits per heavy atom. The lowest BCUT2D eigenvalue weighted by atomic mass is 9.96. The lowest BCUT2D eigenvalue weighted by molar-refractivity contribution is -0.187. The van der Waals surface area contributed by atoms with Crippen molar-refractivity contribution in [1.82, 2.24) is 4.90 Å². The van der Waals surface area contributed by atoms with E-state index in [1.807, 2.05) is 0 Å². The zero-order valence-electron chi connectivity index (χ0n) is 12.4. The van der Waals surface area contributed by atoms with Gasteiger partial charge in [-0.15, -0.1) is 0 Å². The van der Waals surface area contributed by atoms with Gasteiger partial charge in [-0.1, -0.05) is 0 Å². The van der Waals surface area contributed by atoms with E-state index in [0.717, 1.165) is 4.90 Å². The molecular formula is C15H14F3NO5. The van der Waals surface area contributed by atoms with Crippen LogP contribution in [0, 0.1) is 11.8 Å². The molecule has 2 aliphatic heterocycles. The Labute approximate surface area is 134 Å². The topological polar surface area (TPSA) is 76.1 Å². The van der Waals surface area contributed by atoms with Gasteiger partial charge in [-0.3, -0.25) is 9.59 Å². The van der Waals surface area contributed by atoms with Crippen molar-refractivity contribution in [1.29, 1.82) is 0 Å². The van der Waals surface area contributed by atoms with Gasteiger partial charge in [-0.25, -0.2) is 0 Å². The van der Waals surface area contributed by atoms with E-state index in [9.17, 15) is 22.8 Å². The average Bonchev–Trinajstić information content (AvgIpc) is 2.99. The smallest absolute Gasteiger partial charge is 0.394 e. The number of amides is 1. The molecule has 1 amide bonds. The number of rotatable bonds is 2. The number of carbonyl (C=O) groups is 2. The molecular weight excluding hydrogens is 331 g/mol. The fourth-order valence-corrected chi connectivity index (χ4v) is 2.91. The molecule has 0 spiro atoms. The molecule has 1 aromatic rings. The van der Waals surface area contributed by atoms with Crippen molar-refractivity contribution in [2.75, 3.05) is 26.3 Å². The molecule has 3 rings (SSSR count). The van der Waals surface area contributed by atoms with Crippen LogP contribution in [0.15, 0.2) is 18.2 Å². The maximum absolute atomic E-state index is 13.0. The van der Waals surface area contributed by atoms with E-state index in [0.29, 0.717) is 24.7 Å². The zero-order valence-corrected chi connectivity index (χ0v) is 12.4. The molecule has 24 heavy (non-hydrogen) atoms. The number of hydrogen-bond acceptors (Lipinski definition) is 4. The molecule has 1 fully saturated rings. The van der Waals surface area contributed by atoms with Gasteiger partial charge >= 0.3 is 12.1 Å². The van der Waals surface area contributed by atoms with E-state index in [1.54, 1.807) is 0 Å². The summed E-state index contributed by atoms with van der Waals surface area (Å²) in [6, 6.07) is 4.33. The quantitative estimate of drug-likeness (QED) is 0.884. The van der Waals surface area contributed by atoms with Gasteiger partial charge in [-0.2, -0.15) is 13.2 Å². The van der Waals surface area contributed by atoms with Crippen LogP contribution in [0.5, 0.6) is 11.5 Å². The van der Waals surface area contributed by atoms with Gasteiger partial charge in [0, 0.05) is 18.7 Å². The Morgan fingerprint density at radius 3 is 2.38 bits per heavy atom. The number of carbonyl (C=O) groups excluding carboxylic acids is 1. The first-order valence-corrected chi connectivity index (χ1v) is 7.26. The number of hydrogen-bond donors (Lipinski definition) is 1. The van der Waals surface area contributed by atoms with E-state index >= 15 is 0 Å². The summed E-state index contributed by atoms with van der Waals surface area (Å²) in [5.74, 6) is -5.16. The summed E-state index contributed by atoms with van der Waals surface area (Å²) in [6.07, 6.45) is -4.68. The van der Waals surface area contributed by atoms with Gasteiger partial charge in [0.1, 0.15) is 13.2 Å². The third-order valence-electron chi connectivity index (χ3n) is 4.13. The number of fused-ring (bicyclic) bond motifs is 1. The maximum atomic E-state index is 13.0. The monoisotopic (exact) mass is 345 g/mol. The van der Waals surface area contributed by atoms with Gasteiger partial charge in [0.05, 0.1) is 11.8 Å². The predicted octanol–water partition coefficient (Wildman–Crippen LogP) is 1.79. The molecule has 2 aliphatic rings. The molecule has 0 radical (unpaired) electrons.